The van der Waals surface area contributed by atoms with Crippen molar-refractivity contribution < 1.29 is 19.1 Å². The van der Waals surface area contributed by atoms with Crippen molar-refractivity contribution in [3.8, 4) is 11.5 Å². The Labute approximate surface area is 196 Å². The van der Waals surface area contributed by atoms with Gasteiger partial charge in [0.1, 0.15) is 5.69 Å². The highest BCUT2D eigenvalue weighted by Gasteiger charge is 2.51. The molecule has 3 aromatic carbocycles. The fraction of sp³-hybridized carbons (Fsp3) is 0.185. The quantitative estimate of drug-likeness (QED) is 0.401. The predicted octanol–water partition coefficient (Wildman–Crippen LogP) is 4.50. The van der Waals surface area contributed by atoms with Crippen LogP contribution in [0.25, 0.3) is 10.9 Å². The summed E-state index contributed by atoms with van der Waals surface area (Å²) in [6, 6.07) is 22.9. The number of aromatic amines is 1. The van der Waals surface area contributed by atoms with E-state index >= 15 is 0 Å². The molecule has 1 aliphatic heterocycles. The molecule has 0 radical (unpaired) electrons. The van der Waals surface area contributed by atoms with E-state index in [4.69, 9.17) is 9.47 Å². The zero-order valence-corrected chi connectivity index (χ0v) is 18.4. The summed E-state index contributed by atoms with van der Waals surface area (Å²) in [6.45, 7) is 0.666. The van der Waals surface area contributed by atoms with Gasteiger partial charge in [-0.2, -0.15) is 0 Å². The molecule has 6 rings (SSSR count). The highest BCUT2D eigenvalue weighted by atomic mass is 16.7. The average Bonchev–Trinajstić information content (AvgIpc) is 3.35. The van der Waals surface area contributed by atoms with Crippen molar-refractivity contribution in [3.63, 3.8) is 0 Å². The Bertz CT molecular complexity index is 1410. The molecular weight excluding hydrogens is 430 g/mol. The second-order valence-corrected chi connectivity index (χ2v) is 8.76. The van der Waals surface area contributed by atoms with Crippen molar-refractivity contribution in [2.75, 3.05) is 12.1 Å². The molecule has 2 amide bonds. The number of carbonyl (C=O) groups excluding carboxylic acids is 2. The van der Waals surface area contributed by atoms with Crippen molar-refractivity contribution in [3.05, 3.63) is 89.6 Å². The first-order valence-corrected chi connectivity index (χ1v) is 11.3. The zero-order valence-electron chi connectivity index (χ0n) is 18.4. The van der Waals surface area contributed by atoms with Gasteiger partial charge >= 0.3 is 0 Å². The first-order chi connectivity index (χ1) is 16.6. The molecule has 2 heterocycles. The Kier molecular flexibility index (Phi) is 4.76. The molecular formula is C27H23N3O4. The molecule has 4 aromatic rings. The Morgan fingerprint density at radius 3 is 2.56 bits per heavy atom. The van der Waals surface area contributed by atoms with Crippen LogP contribution in [0.15, 0.2) is 72.8 Å². The van der Waals surface area contributed by atoms with Crippen molar-refractivity contribution in [2.24, 2.45) is 0 Å². The molecule has 1 fully saturated rings. The minimum absolute atomic E-state index is 0.0397. The molecule has 2 aliphatic rings. The van der Waals surface area contributed by atoms with E-state index in [1.165, 1.54) is 0 Å². The van der Waals surface area contributed by atoms with Gasteiger partial charge < -0.3 is 25.1 Å². The van der Waals surface area contributed by atoms with E-state index in [0.717, 1.165) is 34.9 Å². The second-order valence-electron chi connectivity index (χ2n) is 8.76. The average molecular weight is 453 g/mol. The number of hydrogen-bond donors (Lipinski definition) is 3. The van der Waals surface area contributed by atoms with Crippen LogP contribution in [0.4, 0.5) is 5.69 Å². The lowest BCUT2D eigenvalue weighted by Gasteiger charge is -2.16. The van der Waals surface area contributed by atoms with Crippen molar-refractivity contribution in [1.82, 2.24) is 10.3 Å². The van der Waals surface area contributed by atoms with Gasteiger partial charge in [0.15, 0.2) is 11.5 Å². The number of nitrogens with one attached hydrogen (secondary N) is 3. The Morgan fingerprint density at radius 2 is 1.74 bits per heavy atom. The molecule has 34 heavy (non-hydrogen) atoms. The number of ether oxygens (including phenoxy) is 2. The SMILES string of the molecule is O=C(NCc1ccccc1)c1cc2cc(NC(=O)C3(c4ccc5c(c4)OCO5)CC3)ccc2[nH]1. The predicted molar refractivity (Wildman–Crippen MR) is 128 cm³/mol. The van der Waals surface area contributed by atoms with E-state index in [2.05, 4.69) is 15.6 Å². The standard InChI is InChI=1S/C27H23N3O4/c31-25(28-15-17-4-2-1-3-5-17)22-13-18-12-20(7-8-21(18)30-22)29-26(32)27(10-11-27)19-6-9-23-24(14-19)34-16-33-23/h1-9,12-14,30H,10-11,15-16H2,(H,28,31)(H,29,32). The largest absolute Gasteiger partial charge is 0.454 e. The summed E-state index contributed by atoms with van der Waals surface area (Å²) in [7, 11) is 0. The van der Waals surface area contributed by atoms with Gasteiger partial charge in [0.2, 0.25) is 12.7 Å². The number of amides is 2. The van der Waals surface area contributed by atoms with Crippen LogP contribution in [-0.4, -0.2) is 23.6 Å². The number of fused-ring (bicyclic) bond motifs is 2. The molecule has 0 unspecified atom stereocenters. The summed E-state index contributed by atoms with van der Waals surface area (Å²) in [6.07, 6.45) is 1.58. The van der Waals surface area contributed by atoms with Crippen LogP contribution in [-0.2, 0) is 16.8 Å². The van der Waals surface area contributed by atoms with E-state index in [1.807, 2.05) is 66.7 Å². The number of rotatable bonds is 6. The van der Waals surface area contributed by atoms with E-state index < -0.39 is 5.41 Å². The molecule has 1 saturated carbocycles. The molecule has 1 aliphatic carbocycles. The summed E-state index contributed by atoms with van der Waals surface area (Å²) in [5, 5.41) is 6.85. The van der Waals surface area contributed by atoms with E-state index in [-0.39, 0.29) is 18.6 Å². The Morgan fingerprint density at radius 1 is 0.912 bits per heavy atom. The lowest BCUT2D eigenvalue weighted by Crippen LogP contribution is -2.27. The number of hydrogen-bond acceptors (Lipinski definition) is 4. The van der Waals surface area contributed by atoms with Gasteiger partial charge in [0.05, 0.1) is 5.41 Å². The highest BCUT2D eigenvalue weighted by Crippen LogP contribution is 2.51. The fourth-order valence-electron chi connectivity index (χ4n) is 4.42. The van der Waals surface area contributed by atoms with Crippen LogP contribution in [0.5, 0.6) is 11.5 Å². The molecule has 0 atom stereocenters. The molecule has 7 heteroatoms. The fourth-order valence-corrected chi connectivity index (χ4v) is 4.42. The summed E-state index contributed by atoms with van der Waals surface area (Å²) < 4.78 is 10.9. The van der Waals surface area contributed by atoms with Gasteiger partial charge in [-0.1, -0.05) is 36.4 Å². The number of anilines is 1. The van der Waals surface area contributed by atoms with Crippen LogP contribution in [0.2, 0.25) is 0 Å². The number of carbonyl (C=O) groups is 2. The van der Waals surface area contributed by atoms with Crippen molar-refractivity contribution in [2.45, 2.75) is 24.8 Å². The van der Waals surface area contributed by atoms with Crippen LogP contribution < -0.4 is 20.1 Å². The van der Waals surface area contributed by atoms with Crippen LogP contribution in [0.3, 0.4) is 0 Å². The van der Waals surface area contributed by atoms with E-state index in [1.54, 1.807) is 6.07 Å². The lowest BCUT2D eigenvalue weighted by molar-refractivity contribution is -0.118. The van der Waals surface area contributed by atoms with Gasteiger partial charge in [-0.3, -0.25) is 9.59 Å². The van der Waals surface area contributed by atoms with Crippen LogP contribution in [0, 0.1) is 0 Å². The molecule has 1 aromatic heterocycles. The topological polar surface area (TPSA) is 92.5 Å². The maximum absolute atomic E-state index is 13.2. The summed E-state index contributed by atoms with van der Waals surface area (Å²) >= 11 is 0. The number of aromatic nitrogens is 1. The van der Waals surface area contributed by atoms with Crippen LogP contribution in [0.1, 0.15) is 34.5 Å². The minimum atomic E-state index is -0.545. The van der Waals surface area contributed by atoms with E-state index in [9.17, 15) is 9.59 Å². The molecule has 0 spiro atoms. The summed E-state index contributed by atoms with van der Waals surface area (Å²) in [4.78, 5) is 29.0. The monoisotopic (exact) mass is 453 g/mol. The summed E-state index contributed by atoms with van der Waals surface area (Å²) in [5.74, 6) is 1.18. The van der Waals surface area contributed by atoms with Crippen molar-refractivity contribution >= 4 is 28.4 Å². The lowest BCUT2D eigenvalue weighted by atomic mass is 9.94. The maximum atomic E-state index is 13.2. The minimum Gasteiger partial charge on any atom is -0.454 e. The third kappa shape index (κ3) is 3.65. The van der Waals surface area contributed by atoms with Crippen LogP contribution >= 0.6 is 0 Å². The molecule has 0 bridgehead atoms. The smallest absolute Gasteiger partial charge is 0.267 e. The van der Waals surface area contributed by atoms with Gasteiger partial charge in [0.25, 0.3) is 5.91 Å². The highest BCUT2D eigenvalue weighted by molar-refractivity contribution is 6.03. The molecule has 3 N–H and O–H groups in total. The van der Waals surface area contributed by atoms with Crippen molar-refractivity contribution in [1.29, 1.82) is 0 Å². The normalized spacial score (nSPS) is 15.2. The first kappa shape index (κ1) is 20.4. The van der Waals surface area contributed by atoms with E-state index in [0.29, 0.717) is 29.4 Å². The third-order valence-corrected chi connectivity index (χ3v) is 6.53. The first-order valence-electron chi connectivity index (χ1n) is 11.3. The number of benzene rings is 3. The van der Waals surface area contributed by atoms with Gasteiger partial charge in [-0.05, 0) is 60.4 Å². The maximum Gasteiger partial charge on any atom is 0.267 e. The summed E-state index contributed by atoms with van der Waals surface area (Å²) in [5.41, 5.74) is 3.44. The Hall–Kier alpha value is -4.26. The molecule has 170 valence electrons. The number of H-pyrrole nitrogens is 1. The third-order valence-electron chi connectivity index (χ3n) is 6.53. The molecule has 7 nitrogen and oxygen atoms in total. The second kappa shape index (κ2) is 7.95. The molecule has 0 saturated heterocycles. The van der Waals surface area contributed by atoms with Gasteiger partial charge in [-0.25, -0.2) is 0 Å². The zero-order chi connectivity index (χ0) is 23.1. The van der Waals surface area contributed by atoms with Gasteiger partial charge in [-0.15, -0.1) is 0 Å². The van der Waals surface area contributed by atoms with Gasteiger partial charge in [0, 0.05) is 23.1 Å². The Balaban J connectivity index is 1.16.